The first-order valence-electron chi connectivity index (χ1n) is 8.84. The molecule has 0 fully saturated rings. The fourth-order valence-corrected chi connectivity index (χ4v) is 2.87. The van der Waals surface area contributed by atoms with Gasteiger partial charge < -0.3 is 24.5 Å². The summed E-state index contributed by atoms with van der Waals surface area (Å²) in [5.41, 5.74) is -0.721. The molecule has 30 heavy (non-hydrogen) atoms. The van der Waals surface area contributed by atoms with Crippen molar-refractivity contribution in [3.8, 4) is 0 Å². The summed E-state index contributed by atoms with van der Waals surface area (Å²) < 4.78 is 15.5. The van der Waals surface area contributed by atoms with Gasteiger partial charge >= 0.3 is 18.0 Å². The number of nitro benzene ring substituents is 1. The number of para-hydroxylation sites is 1. The van der Waals surface area contributed by atoms with E-state index in [-0.39, 0.29) is 29.2 Å². The number of nitrogens with zero attached hydrogens (tertiary/aromatic N) is 1. The Morgan fingerprint density at radius 3 is 2.60 bits per heavy atom. The Bertz CT molecular complexity index is 1010. The largest absolute Gasteiger partial charge is 0.467 e. The average Bonchev–Trinajstić information content (AvgIpc) is 3.26. The third-order valence-electron chi connectivity index (χ3n) is 4.14. The molecule has 2 N–H and O–H groups in total. The highest BCUT2D eigenvalue weighted by Gasteiger charge is 2.36. The number of esters is 2. The molecule has 1 aromatic heterocycles. The molecule has 0 bridgehead atoms. The van der Waals surface area contributed by atoms with Crippen LogP contribution in [0.2, 0.25) is 0 Å². The van der Waals surface area contributed by atoms with Gasteiger partial charge in [0.05, 0.1) is 29.1 Å². The molecule has 0 saturated carbocycles. The van der Waals surface area contributed by atoms with Crippen molar-refractivity contribution in [2.24, 2.45) is 0 Å². The molecule has 1 aliphatic rings. The van der Waals surface area contributed by atoms with Gasteiger partial charge in [-0.25, -0.2) is 14.4 Å². The Labute approximate surface area is 169 Å². The number of carbonyl (C=O) groups is 3. The lowest BCUT2D eigenvalue weighted by Crippen LogP contribution is -2.47. The van der Waals surface area contributed by atoms with Crippen LogP contribution in [0.15, 0.2) is 58.3 Å². The van der Waals surface area contributed by atoms with Gasteiger partial charge in [-0.1, -0.05) is 12.1 Å². The molecule has 0 spiro atoms. The molecule has 2 heterocycles. The summed E-state index contributed by atoms with van der Waals surface area (Å²) in [6.07, 6.45) is 1.38. The smallest absolute Gasteiger partial charge is 0.345 e. The van der Waals surface area contributed by atoms with E-state index in [1.165, 1.54) is 30.5 Å². The molecule has 1 unspecified atom stereocenters. The summed E-state index contributed by atoms with van der Waals surface area (Å²) in [4.78, 5) is 47.4. The molecule has 2 aromatic rings. The quantitative estimate of drug-likeness (QED) is 0.397. The van der Waals surface area contributed by atoms with E-state index in [1.54, 1.807) is 19.1 Å². The molecule has 1 aliphatic heterocycles. The Morgan fingerprint density at radius 2 is 1.93 bits per heavy atom. The van der Waals surface area contributed by atoms with Crippen molar-refractivity contribution in [2.75, 3.05) is 13.2 Å². The normalized spacial score (nSPS) is 15.8. The third-order valence-corrected chi connectivity index (χ3v) is 4.14. The van der Waals surface area contributed by atoms with Gasteiger partial charge in [0, 0.05) is 6.07 Å². The minimum atomic E-state index is -0.986. The maximum atomic E-state index is 12.5. The van der Waals surface area contributed by atoms with Crippen LogP contribution >= 0.6 is 0 Å². The zero-order valence-corrected chi connectivity index (χ0v) is 15.7. The van der Waals surface area contributed by atoms with Gasteiger partial charge in [-0.2, -0.15) is 0 Å². The molecule has 1 atom stereocenters. The number of nitrogens with one attached hydrogen (secondary N) is 2. The molecule has 1 aromatic carbocycles. The molecule has 11 nitrogen and oxygen atoms in total. The number of furan rings is 1. The van der Waals surface area contributed by atoms with Gasteiger partial charge in [-0.15, -0.1) is 0 Å². The average molecular weight is 415 g/mol. The van der Waals surface area contributed by atoms with E-state index >= 15 is 0 Å². The molecular weight excluding hydrogens is 398 g/mol. The first kappa shape index (κ1) is 20.6. The number of urea groups is 1. The van der Waals surface area contributed by atoms with E-state index in [0.717, 1.165) is 0 Å². The Balaban J connectivity index is 1.91. The van der Waals surface area contributed by atoms with Gasteiger partial charge in [0.2, 0.25) is 0 Å². The molecule has 0 aliphatic carbocycles. The van der Waals surface area contributed by atoms with Crippen LogP contribution in [0.4, 0.5) is 10.5 Å². The lowest BCUT2D eigenvalue weighted by atomic mass is 10.0. The van der Waals surface area contributed by atoms with Crippen molar-refractivity contribution in [3.63, 3.8) is 0 Å². The first-order valence-corrected chi connectivity index (χ1v) is 8.84. The number of hydrogen-bond donors (Lipinski definition) is 2. The lowest BCUT2D eigenvalue weighted by molar-refractivity contribution is -0.385. The predicted octanol–water partition coefficient (Wildman–Crippen LogP) is 2.22. The number of rotatable bonds is 7. The van der Waals surface area contributed by atoms with Crippen molar-refractivity contribution in [1.82, 2.24) is 10.6 Å². The standard InChI is InChI=1S/C19H17N3O8/c1-2-28-18(24)15-12(20-19(25)21-16(15)14-8-5-9-29-14)10-30-17(23)11-6-3-4-7-13(11)22(26)27/h3-9,16H,2,10H2,1H3,(H2,20,21,25). The van der Waals surface area contributed by atoms with Crippen LogP contribution < -0.4 is 10.6 Å². The van der Waals surface area contributed by atoms with Gasteiger partial charge in [0.25, 0.3) is 5.69 Å². The third kappa shape index (κ3) is 4.29. The minimum absolute atomic E-state index is 0.0123. The van der Waals surface area contributed by atoms with Crippen LogP contribution in [0.5, 0.6) is 0 Å². The Morgan fingerprint density at radius 1 is 1.17 bits per heavy atom. The summed E-state index contributed by atoms with van der Waals surface area (Å²) in [7, 11) is 0. The number of hydrogen-bond acceptors (Lipinski definition) is 8. The SMILES string of the molecule is CCOC(=O)C1=C(COC(=O)c2ccccc2[N+](=O)[O-])NC(=O)NC1c1ccco1. The highest BCUT2D eigenvalue weighted by molar-refractivity contribution is 5.96. The van der Waals surface area contributed by atoms with Crippen LogP contribution in [-0.4, -0.2) is 36.1 Å². The summed E-state index contributed by atoms with van der Waals surface area (Å²) in [6.45, 7) is 1.16. The summed E-state index contributed by atoms with van der Waals surface area (Å²) >= 11 is 0. The van der Waals surface area contributed by atoms with Crippen molar-refractivity contribution < 1.29 is 33.2 Å². The molecule has 11 heteroatoms. The second kappa shape index (κ2) is 8.90. The zero-order valence-electron chi connectivity index (χ0n) is 15.7. The fourth-order valence-electron chi connectivity index (χ4n) is 2.87. The molecule has 3 rings (SSSR count). The van der Waals surface area contributed by atoms with E-state index in [1.807, 2.05) is 0 Å². The highest BCUT2D eigenvalue weighted by atomic mass is 16.6. The van der Waals surface area contributed by atoms with Crippen molar-refractivity contribution in [1.29, 1.82) is 0 Å². The summed E-state index contributed by atoms with van der Waals surface area (Å²) in [6, 6.07) is 6.80. The summed E-state index contributed by atoms with van der Waals surface area (Å²) in [5.74, 6) is -1.46. The minimum Gasteiger partial charge on any atom is -0.467 e. The van der Waals surface area contributed by atoms with Crippen molar-refractivity contribution in [2.45, 2.75) is 13.0 Å². The molecule has 2 amide bonds. The number of benzene rings is 1. The molecule has 156 valence electrons. The van der Waals surface area contributed by atoms with E-state index in [4.69, 9.17) is 13.9 Å². The summed E-state index contributed by atoms with van der Waals surface area (Å²) in [5, 5.41) is 16.1. The maximum absolute atomic E-state index is 12.5. The Kier molecular flexibility index (Phi) is 6.11. The van der Waals surface area contributed by atoms with Crippen molar-refractivity contribution in [3.05, 3.63) is 75.4 Å². The monoisotopic (exact) mass is 415 g/mol. The maximum Gasteiger partial charge on any atom is 0.345 e. The number of amides is 2. The second-order valence-corrected chi connectivity index (χ2v) is 6.01. The number of nitro groups is 1. The predicted molar refractivity (Wildman–Crippen MR) is 100 cm³/mol. The number of carbonyl (C=O) groups excluding carboxylic acids is 3. The van der Waals surface area contributed by atoms with E-state index in [9.17, 15) is 24.5 Å². The highest BCUT2D eigenvalue weighted by Crippen LogP contribution is 2.28. The van der Waals surface area contributed by atoms with E-state index in [2.05, 4.69) is 10.6 Å². The topological polar surface area (TPSA) is 150 Å². The fraction of sp³-hybridized carbons (Fsp3) is 0.211. The molecule has 0 radical (unpaired) electrons. The van der Waals surface area contributed by atoms with Crippen LogP contribution in [0.3, 0.4) is 0 Å². The Hall–Kier alpha value is -4.15. The van der Waals surface area contributed by atoms with Crippen molar-refractivity contribution >= 4 is 23.7 Å². The number of ether oxygens (including phenoxy) is 2. The zero-order chi connectivity index (χ0) is 21.7. The first-order chi connectivity index (χ1) is 14.4. The molecule has 0 saturated heterocycles. The van der Waals surface area contributed by atoms with E-state index < -0.39 is 41.2 Å². The van der Waals surface area contributed by atoms with Crippen LogP contribution in [0, 0.1) is 10.1 Å². The second-order valence-electron chi connectivity index (χ2n) is 6.01. The van der Waals surface area contributed by atoms with Gasteiger partial charge in [0.15, 0.2) is 0 Å². The van der Waals surface area contributed by atoms with Gasteiger partial charge in [-0.05, 0) is 25.1 Å². The van der Waals surface area contributed by atoms with Gasteiger partial charge in [-0.3, -0.25) is 10.1 Å². The lowest BCUT2D eigenvalue weighted by Gasteiger charge is -2.27. The van der Waals surface area contributed by atoms with Gasteiger partial charge in [0.1, 0.15) is 24.0 Å². The van der Waals surface area contributed by atoms with Crippen LogP contribution in [0.1, 0.15) is 29.1 Å². The molecular formula is C19H17N3O8. The van der Waals surface area contributed by atoms with E-state index in [0.29, 0.717) is 0 Å². The van der Waals surface area contributed by atoms with Crippen LogP contribution in [0.25, 0.3) is 0 Å². The van der Waals surface area contributed by atoms with Crippen LogP contribution in [-0.2, 0) is 14.3 Å².